The Bertz CT molecular complexity index is 709. The number of rotatable bonds is 10. The van der Waals surface area contributed by atoms with Gasteiger partial charge in [-0.3, -0.25) is 0 Å². The summed E-state index contributed by atoms with van der Waals surface area (Å²) >= 11 is 0. The van der Waals surface area contributed by atoms with E-state index in [0.29, 0.717) is 11.8 Å². The van der Waals surface area contributed by atoms with Gasteiger partial charge < -0.3 is 29.2 Å². The average molecular weight is 543 g/mol. The second-order valence-corrected chi connectivity index (χ2v) is 13.2. The molecule has 30 heavy (non-hydrogen) atoms. The molecule has 1 aromatic carbocycles. The minimum Gasteiger partial charge on any atom is -1.00 e. The molecule has 0 amide bonds. The first kappa shape index (κ1) is 30.1. The van der Waals surface area contributed by atoms with Crippen molar-refractivity contribution in [2.75, 3.05) is 6.61 Å². The third-order valence-corrected chi connectivity index (χ3v) is 11.9. The third kappa shape index (κ3) is 6.32. The van der Waals surface area contributed by atoms with E-state index in [1.54, 1.807) is 0 Å². The molecular weight excluding hydrogens is 506 g/mol. The molecule has 0 N–H and O–H groups in total. The first-order valence-electron chi connectivity index (χ1n) is 10.8. The van der Waals surface area contributed by atoms with Crippen molar-refractivity contribution >= 4 is 14.4 Å². The van der Waals surface area contributed by atoms with Crippen molar-refractivity contribution in [3.8, 4) is 0 Å². The van der Waals surface area contributed by atoms with Gasteiger partial charge in [0.1, 0.15) is 0 Å². The largest absolute Gasteiger partial charge is 2.00 e. The molecule has 0 aromatic heterocycles. The maximum atomic E-state index is 6.55. The molecule has 0 saturated carbocycles. The molecular formula is C25H36Cl2OSiZr. The predicted molar refractivity (Wildman–Crippen MR) is 120 cm³/mol. The molecule has 0 bridgehead atoms. The number of benzene rings is 1. The van der Waals surface area contributed by atoms with Crippen molar-refractivity contribution in [2.45, 2.75) is 64.6 Å². The van der Waals surface area contributed by atoms with Gasteiger partial charge in [0, 0.05) is 18.4 Å². The fourth-order valence-electron chi connectivity index (χ4n) is 5.02. The van der Waals surface area contributed by atoms with Gasteiger partial charge in [-0.05, 0) is 47.5 Å². The zero-order valence-corrected chi connectivity index (χ0v) is 23.8. The van der Waals surface area contributed by atoms with E-state index in [-0.39, 0.29) is 56.4 Å². The summed E-state index contributed by atoms with van der Waals surface area (Å²) in [7, 11) is -1.48. The van der Waals surface area contributed by atoms with Crippen molar-refractivity contribution in [3.63, 3.8) is 0 Å². The van der Waals surface area contributed by atoms with E-state index < -0.39 is 8.32 Å². The number of hydrogen-bond acceptors (Lipinski definition) is 1. The molecule has 2 unspecified atom stereocenters. The summed E-state index contributed by atoms with van der Waals surface area (Å²) in [6.07, 6.45) is 16.3. The Labute approximate surface area is 216 Å². The predicted octanol–water partition coefficient (Wildman–Crippen LogP) is 1.35. The summed E-state index contributed by atoms with van der Waals surface area (Å²) in [5, 5.41) is 0. The van der Waals surface area contributed by atoms with Crippen molar-refractivity contribution < 1.29 is 55.4 Å². The minimum absolute atomic E-state index is 0. The Kier molecular flexibility index (Phi) is 13.6. The maximum Gasteiger partial charge on any atom is 2.00 e. The molecule has 0 fully saturated rings. The van der Waals surface area contributed by atoms with Crippen LogP contribution in [0.2, 0.25) is 18.1 Å². The maximum absolute atomic E-state index is 6.55. The van der Waals surface area contributed by atoms with Crippen molar-refractivity contribution in [3.05, 3.63) is 65.8 Å². The average Bonchev–Trinajstić information content (AvgIpc) is 3.39. The Balaban J connectivity index is 0.00000280. The van der Waals surface area contributed by atoms with Crippen LogP contribution in [0.4, 0.5) is 0 Å². The summed E-state index contributed by atoms with van der Waals surface area (Å²) in [5.41, 5.74) is 3.09. The number of halogens is 2. The molecule has 0 aliphatic heterocycles. The molecule has 0 radical (unpaired) electrons. The Hall–Kier alpha value is 0.0800. The molecule has 164 valence electrons. The molecule has 2 atom stereocenters. The molecule has 1 aromatic rings. The molecule has 2 aliphatic rings. The molecule has 3 rings (SSSR count). The molecule has 0 spiro atoms. The van der Waals surface area contributed by atoms with Gasteiger partial charge in [0.25, 0.3) is 0 Å². The standard InChI is InChI=1S/C25H36OSi.2ClH.Zr/c1-5-27(6-2,7-3)26-20-12-19-25(4,22-14-9-10-15-22)24-18-17-21-13-8-11-16-23(21)24;;;/h8-11,13-18,22,24H,5-7,12,19-20H2,1-4H3;2*1H;/q;;;+2/p-2. The van der Waals surface area contributed by atoms with Crippen LogP contribution in [-0.2, 0) is 30.6 Å². The second-order valence-electron chi connectivity index (χ2n) is 8.46. The van der Waals surface area contributed by atoms with E-state index in [2.05, 4.69) is 88.4 Å². The van der Waals surface area contributed by atoms with Crippen LogP contribution in [0.15, 0.2) is 54.6 Å². The summed E-state index contributed by atoms with van der Waals surface area (Å²) in [6.45, 7) is 10.4. The first-order valence-corrected chi connectivity index (χ1v) is 13.4. The van der Waals surface area contributed by atoms with Gasteiger partial charge in [0.05, 0.1) is 0 Å². The first-order chi connectivity index (χ1) is 13.1. The Morgan fingerprint density at radius 3 is 2.13 bits per heavy atom. The van der Waals surface area contributed by atoms with Crippen LogP contribution in [0, 0.1) is 11.3 Å². The zero-order valence-electron chi connectivity index (χ0n) is 18.8. The fraction of sp³-hybridized carbons (Fsp3) is 0.520. The summed E-state index contributed by atoms with van der Waals surface area (Å²) < 4.78 is 6.55. The monoisotopic (exact) mass is 540 g/mol. The van der Waals surface area contributed by atoms with Gasteiger partial charge in [-0.15, -0.1) is 0 Å². The SMILES string of the molecule is CC[Si](CC)(CC)OCCCC(C)(C1C=CC=C1)C1C=Cc2ccccc21.[Cl-].[Cl-].[Zr+2]. The van der Waals surface area contributed by atoms with Gasteiger partial charge >= 0.3 is 26.2 Å². The minimum atomic E-state index is -1.48. The van der Waals surface area contributed by atoms with Gasteiger partial charge in [0.2, 0.25) is 0 Å². The van der Waals surface area contributed by atoms with E-state index in [4.69, 9.17) is 4.43 Å². The quantitative estimate of drug-likeness (QED) is 0.321. The van der Waals surface area contributed by atoms with Crippen LogP contribution >= 0.6 is 0 Å². The fourth-order valence-corrected chi connectivity index (χ4v) is 7.71. The third-order valence-electron chi connectivity index (χ3n) is 7.22. The van der Waals surface area contributed by atoms with E-state index in [1.165, 1.54) is 35.7 Å². The molecule has 5 heteroatoms. The van der Waals surface area contributed by atoms with Crippen molar-refractivity contribution in [1.82, 2.24) is 0 Å². The smallest absolute Gasteiger partial charge is 1.00 e. The molecule has 2 aliphatic carbocycles. The number of hydrogen-bond donors (Lipinski definition) is 0. The van der Waals surface area contributed by atoms with Gasteiger partial charge in [-0.2, -0.15) is 0 Å². The Morgan fingerprint density at radius 1 is 0.933 bits per heavy atom. The van der Waals surface area contributed by atoms with Crippen LogP contribution in [0.1, 0.15) is 57.6 Å². The topological polar surface area (TPSA) is 9.23 Å². The van der Waals surface area contributed by atoms with Crippen LogP contribution in [0.5, 0.6) is 0 Å². The van der Waals surface area contributed by atoms with E-state index in [0.717, 1.165) is 13.0 Å². The summed E-state index contributed by atoms with van der Waals surface area (Å²) in [6, 6.07) is 12.6. The molecule has 0 heterocycles. The second kappa shape index (κ2) is 13.6. The number of fused-ring (bicyclic) bond motifs is 1. The van der Waals surface area contributed by atoms with Gasteiger partial charge in [-0.25, -0.2) is 0 Å². The van der Waals surface area contributed by atoms with E-state index in [9.17, 15) is 0 Å². The van der Waals surface area contributed by atoms with Gasteiger partial charge in [0.15, 0.2) is 8.32 Å². The van der Waals surface area contributed by atoms with Crippen molar-refractivity contribution in [1.29, 1.82) is 0 Å². The molecule has 1 nitrogen and oxygen atoms in total. The van der Waals surface area contributed by atoms with E-state index in [1.807, 2.05) is 0 Å². The van der Waals surface area contributed by atoms with Crippen LogP contribution in [0.3, 0.4) is 0 Å². The van der Waals surface area contributed by atoms with Crippen LogP contribution < -0.4 is 24.8 Å². The van der Waals surface area contributed by atoms with Gasteiger partial charge in [-0.1, -0.05) is 88.4 Å². The zero-order chi connectivity index (χ0) is 19.3. The van der Waals surface area contributed by atoms with Crippen molar-refractivity contribution in [2.24, 2.45) is 11.3 Å². The van der Waals surface area contributed by atoms with Crippen LogP contribution in [-0.4, -0.2) is 14.9 Å². The van der Waals surface area contributed by atoms with Crippen LogP contribution in [0.25, 0.3) is 6.08 Å². The Morgan fingerprint density at radius 2 is 1.53 bits per heavy atom. The molecule has 0 saturated heterocycles. The summed E-state index contributed by atoms with van der Waals surface area (Å²) in [4.78, 5) is 0. The normalized spacial score (nSPS) is 18.9. The number of allylic oxidation sites excluding steroid dienone is 5. The summed E-state index contributed by atoms with van der Waals surface area (Å²) in [5.74, 6) is 0.987. The van der Waals surface area contributed by atoms with E-state index >= 15 is 0 Å².